The van der Waals surface area contributed by atoms with Crippen LogP contribution >= 0.6 is 0 Å². The molecular weight excluding hydrogens is 252 g/mol. The molecule has 1 aliphatic rings. The summed E-state index contributed by atoms with van der Waals surface area (Å²) in [7, 11) is 1.69. The lowest BCUT2D eigenvalue weighted by atomic mass is 9.99. The number of nitrogens with one attached hydrogen (secondary N) is 1. The maximum absolute atomic E-state index is 5.82. The number of guanidine groups is 1. The third kappa shape index (κ3) is 7.70. The third-order valence-electron chi connectivity index (χ3n) is 3.85. The lowest BCUT2D eigenvalue weighted by Gasteiger charge is -2.30. The highest BCUT2D eigenvalue weighted by atomic mass is 16.5. The van der Waals surface area contributed by atoms with Crippen molar-refractivity contribution in [3.05, 3.63) is 0 Å². The van der Waals surface area contributed by atoms with Crippen molar-refractivity contribution in [1.29, 1.82) is 0 Å². The van der Waals surface area contributed by atoms with Crippen molar-refractivity contribution in [2.45, 2.75) is 45.6 Å². The third-order valence-corrected chi connectivity index (χ3v) is 3.85. The predicted molar refractivity (Wildman–Crippen MR) is 85.0 cm³/mol. The number of aliphatic imine (C=N–C) groups is 1. The van der Waals surface area contributed by atoms with Gasteiger partial charge in [-0.05, 0) is 58.2 Å². The van der Waals surface area contributed by atoms with Crippen LogP contribution in [0.15, 0.2) is 4.99 Å². The smallest absolute Gasteiger partial charge is 0.188 e. The van der Waals surface area contributed by atoms with Gasteiger partial charge in [0.15, 0.2) is 5.96 Å². The highest BCUT2D eigenvalue weighted by Crippen LogP contribution is 2.16. The van der Waals surface area contributed by atoms with Gasteiger partial charge in [0.05, 0.1) is 6.61 Å². The van der Waals surface area contributed by atoms with Crippen molar-refractivity contribution in [2.75, 3.05) is 39.9 Å². The van der Waals surface area contributed by atoms with Gasteiger partial charge in [-0.15, -0.1) is 0 Å². The Morgan fingerprint density at radius 2 is 2.10 bits per heavy atom. The van der Waals surface area contributed by atoms with Gasteiger partial charge < -0.3 is 20.7 Å². The normalized spacial score (nSPS) is 20.1. The zero-order valence-corrected chi connectivity index (χ0v) is 13.4. The van der Waals surface area contributed by atoms with Crippen molar-refractivity contribution in [2.24, 2.45) is 16.6 Å². The van der Waals surface area contributed by atoms with Crippen LogP contribution in [-0.4, -0.2) is 56.8 Å². The summed E-state index contributed by atoms with van der Waals surface area (Å²) in [4.78, 5) is 6.93. The first-order chi connectivity index (χ1) is 9.61. The molecule has 1 fully saturated rings. The zero-order chi connectivity index (χ0) is 14.8. The van der Waals surface area contributed by atoms with Crippen molar-refractivity contribution in [3.63, 3.8) is 0 Å². The minimum atomic E-state index is 0.207. The number of likely N-dealkylation sites (tertiary alicyclic amines) is 1. The molecule has 0 bridgehead atoms. The van der Waals surface area contributed by atoms with E-state index in [1.54, 1.807) is 7.11 Å². The van der Waals surface area contributed by atoms with Crippen LogP contribution in [0.3, 0.4) is 0 Å². The summed E-state index contributed by atoms with van der Waals surface area (Å²) >= 11 is 0. The molecule has 0 aromatic heterocycles. The molecule has 0 unspecified atom stereocenters. The van der Waals surface area contributed by atoms with Crippen molar-refractivity contribution in [1.82, 2.24) is 10.2 Å². The summed E-state index contributed by atoms with van der Waals surface area (Å²) in [6, 6.07) is 0.207. The van der Waals surface area contributed by atoms with Crippen LogP contribution in [0, 0.1) is 5.92 Å². The Kier molecular flexibility index (Phi) is 8.62. The molecule has 5 heteroatoms. The second-order valence-corrected chi connectivity index (χ2v) is 6.00. The van der Waals surface area contributed by atoms with E-state index in [9.17, 15) is 0 Å². The molecule has 20 heavy (non-hydrogen) atoms. The molecule has 1 atom stereocenters. The average molecular weight is 284 g/mol. The summed E-state index contributed by atoms with van der Waals surface area (Å²) in [5.41, 5.74) is 5.82. The maximum atomic E-state index is 5.82. The van der Waals surface area contributed by atoms with Crippen molar-refractivity contribution < 1.29 is 4.74 Å². The van der Waals surface area contributed by atoms with E-state index < -0.39 is 0 Å². The second kappa shape index (κ2) is 10.00. The van der Waals surface area contributed by atoms with Crippen LogP contribution in [-0.2, 0) is 4.74 Å². The van der Waals surface area contributed by atoms with Gasteiger partial charge >= 0.3 is 0 Å². The fraction of sp³-hybridized carbons (Fsp3) is 0.933. The van der Waals surface area contributed by atoms with Crippen LogP contribution in [0.2, 0.25) is 0 Å². The maximum Gasteiger partial charge on any atom is 0.188 e. The molecule has 0 aromatic carbocycles. The SMILES string of the molecule is COC[C@H](C)NC(N)=NCCCCN1CCC(C)CC1. The number of piperidine rings is 1. The number of methoxy groups -OCH3 is 1. The topological polar surface area (TPSA) is 62.9 Å². The number of hydrogen-bond donors (Lipinski definition) is 2. The number of rotatable bonds is 8. The largest absolute Gasteiger partial charge is 0.383 e. The predicted octanol–water partition coefficient (Wildman–Crippen LogP) is 1.44. The molecule has 3 N–H and O–H groups in total. The van der Waals surface area contributed by atoms with Crippen LogP contribution < -0.4 is 11.1 Å². The van der Waals surface area contributed by atoms with E-state index in [0.29, 0.717) is 12.6 Å². The first kappa shape index (κ1) is 17.2. The van der Waals surface area contributed by atoms with Gasteiger partial charge in [0.25, 0.3) is 0 Å². The monoisotopic (exact) mass is 284 g/mol. The molecule has 118 valence electrons. The molecule has 0 radical (unpaired) electrons. The Balaban J connectivity index is 2.03. The van der Waals surface area contributed by atoms with Gasteiger partial charge in [0.2, 0.25) is 0 Å². The molecule has 0 amide bonds. The number of hydrogen-bond acceptors (Lipinski definition) is 3. The number of nitrogens with zero attached hydrogens (tertiary/aromatic N) is 2. The van der Waals surface area contributed by atoms with Crippen LogP contribution in [0.5, 0.6) is 0 Å². The molecule has 0 saturated carbocycles. The van der Waals surface area contributed by atoms with E-state index in [4.69, 9.17) is 10.5 Å². The minimum Gasteiger partial charge on any atom is -0.383 e. The molecule has 5 nitrogen and oxygen atoms in total. The quantitative estimate of drug-likeness (QED) is 0.402. The summed E-state index contributed by atoms with van der Waals surface area (Å²) < 4.78 is 5.04. The van der Waals surface area contributed by atoms with E-state index in [1.807, 2.05) is 6.92 Å². The van der Waals surface area contributed by atoms with Crippen molar-refractivity contribution in [3.8, 4) is 0 Å². The highest BCUT2D eigenvalue weighted by Gasteiger charge is 2.14. The average Bonchev–Trinajstić information content (AvgIpc) is 2.40. The van der Waals surface area contributed by atoms with E-state index in [1.165, 1.54) is 38.9 Å². The van der Waals surface area contributed by atoms with Gasteiger partial charge in [-0.1, -0.05) is 6.92 Å². The lowest BCUT2D eigenvalue weighted by molar-refractivity contribution is 0.179. The highest BCUT2D eigenvalue weighted by molar-refractivity contribution is 5.78. The van der Waals surface area contributed by atoms with E-state index in [2.05, 4.69) is 22.1 Å². The Hall–Kier alpha value is -0.810. The molecule has 0 spiro atoms. The van der Waals surface area contributed by atoms with E-state index >= 15 is 0 Å². The Bertz CT molecular complexity index is 275. The van der Waals surface area contributed by atoms with Crippen LogP contribution in [0.25, 0.3) is 0 Å². The van der Waals surface area contributed by atoms with E-state index in [-0.39, 0.29) is 6.04 Å². The number of ether oxygens (including phenoxy) is 1. The first-order valence-electron chi connectivity index (χ1n) is 7.89. The Labute approximate surface area is 124 Å². The fourth-order valence-electron chi connectivity index (χ4n) is 2.52. The van der Waals surface area contributed by atoms with Gasteiger partial charge in [0, 0.05) is 19.7 Å². The van der Waals surface area contributed by atoms with Gasteiger partial charge in [-0.25, -0.2) is 0 Å². The number of nitrogens with two attached hydrogens (primary N) is 1. The number of unbranched alkanes of at least 4 members (excludes halogenated alkanes) is 1. The minimum absolute atomic E-state index is 0.207. The summed E-state index contributed by atoms with van der Waals surface area (Å²) in [6.07, 6.45) is 5.02. The second-order valence-electron chi connectivity index (χ2n) is 6.00. The first-order valence-corrected chi connectivity index (χ1v) is 7.89. The molecular formula is C15H32N4O. The summed E-state index contributed by atoms with van der Waals surface area (Å²) in [5, 5.41) is 3.12. The van der Waals surface area contributed by atoms with Gasteiger partial charge in [-0.3, -0.25) is 4.99 Å². The molecule has 1 aliphatic heterocycles. The molecule has 0 aliphatic carbocycles. The van der Waals surface area contributed by atoms with Crippen molar-refractivity contribution >= 4 is 5.96 Å². The lowest BCUT2D eigenvalue weighted by Crippen LogP contribution is -2.40. The Morgan fingerprint density at radius 1 is 1.40 bits per heavy atom. The molecule has 0 aromatic rings. The van der Waals surface area contributed by atoms with Crippen LogP contribution in [0.4, 0.5) is 0 Å². The molecule has 1 heterocycles. The summed E-state index contributed by atoms with van der Waals surface area (Å²) in [6.45, 7) is 9.57. The standard InChI is InChI=1S/C15H32N4O/c1-13-6-10-19(11-7-13)9-5-4-8-17-15(16)18-14(2)12-20-3/h13-14H,4-12H2,1-3H3,(H3,16,17,18)/t14-/m0/s1. The molecule has 1 rings (SSSR count). The fourth-order valence-corrected chi connectivity index (χ4v) is 2.52. The van der Waals surface area contributed by atoms with Gasteiger partial charge in [-0.2, -0.15) is 0 Å². The van der Waals surface area contributed by atoms with Crippen LogP contribution in [0.1, 0.15) is 39.5 Å². The molecule has 1 saturated heterocycles. The Morgan fingerprint density at radius 3 is 2.75 bits per heavy atom. The van der Waals surface area contributed by atoms with E-state index in [0.717, 1.165) is 18.9 Å². The summed E-state index contributed by atoms with van der Waals surface area (Å²) in [5.74, 6) is 1.44. The van der Waals surface area contributed by atoms with Gasteiger partial charge in [0.1, 0.15) is 0 Å². The zero-order valence-electron chi connectivity index (χ0n) is 13.4.